The van der Waals surface area contributed by atoms with E-state index in [0.717, 1.165) is 21.5 Å². The van der Waals surface area contributed by atoms with Gasteiger partial charge in [0, 0.05) is 24.7 Å². The molecule has 1 fully saturated rings. The summed E-state index contributed by atoms with van der Waals surface area (Å²) in [6, 6.07) is 34.0. The fourth-order valence-electron chi connectivity index (χ4n) is 7.32. The molecule has 0 radical (unpaired) electrons. The topological polar surface area (TPSA) is 119 Å². The Morgan fingerprint density at radius 2 is 1.51 bits per heavy atom. The molecule has 0 saturated carbocycles. The molecule has 0 spiro atoms. The van der Waals surface area contributed by atoms with Crippen LogP contribution in [0.1, 0.15) is 50.6 Å². The van der Waals surface area contributed by atoms with Gasteiger partial charge >= 0.3 is 6.09 Å². The number of carbonyl (C=O) groups is 2. The van der Waals surface area contributed by atoms with Gasteiger partial charge in [-0.05, 0) is 40.0 Å². The molecule has 6 rings (SSSR count). The zero-order valence-electron chi connectivity index (χ0n) is 31.0. The van der Waals surface area contributed by atoms with Crippen molar-refractivity contribution < 1.29 is 28.6 Å². The third kappa shape index (κ3) is 7.55. The highest BCUT2D eigenvalue weighted by Gasteiger charge is 2.53. The first kappa shape index (κ1) is 37.3. The Morgan fingerprint density at radius 3 is 2.06 bits per heavy atom. The average molecular weight is 734 g/mol. The number of β-lactam (4-membered cyclic amide) rings is 1. The number of ether oxygens (including phenoxy) is 2. The summed E-state index contributed by atoms with van der Waals surface area (Å²) in [4.78, 5) is 31.1. The molecule has 53 heavy (non-hydrogen) atoms. The van der Waals surface area contributed by atoms with Crippen molar-refractivity contribution >= 4 is 30.7 Å². The molecule has 5 aromatic rings. The van der Waals surface area contributed by atoms with Crippen LogP contribution in [0.3, 0.4) is 0 Å². The first-order chi connectivity index (χ1) is 25.5. The van der Waals surface area contributed by atoms with Crippen LogP contribution in [-0.2, 0) is 28.9 Å². The second-order valence-corrected chi connectivity index (χ2v) is 18.6. The monoisotopic (exact) mass is 733 g/mol. The molecule has 11 nitrogen and oxygen atoms in total. The highest BCUT2D eigenvalue weighted by atomic mass is 28.4. The third-order valence-corrected chi connectivity index (χ3v) is 15.1. The quantitative estimate of drug-likeness (QED) is 0.111. The number of hydrogen-bond acceptors (Lipinski definition) is 7. The van der Waals surface area contributed by atoms with Crippen LogP contribution < -0.4 is 19.8 Å². The third-order valence-electron chi connectivity index (χ3n) is 10.0. The molecule has 2 amide bonds. The zero-order valence-corrected chi connectivity index (χ0v) is 32.0. The van der Waals surface area contributed by atoms with Crippen molar-refractivity contribution in [1.29, 1.82) is 0 Å². The molecule has 1 aromatic heterocycles. The predicted molar refractivity (Wildman–Crippen MR) is 205 cm³/mol. The summed E-state index contributed by atoms with van der Waals surface area (Å²) in [6.07, 6.45) is 0.0933. The summed E-state index contributed by atoms with van der Waals surface area (Å²) in [6.45, 7) is 9.11. The molecule has 1 saturated heterocycles. The summed E-state index contributed by atoms with van der Waals surface area (Å²) >= 11 is 0. The fourth-order valence-corrected chi connectivity index (χ4v) is 12.0. The van der Waals surface area contributed by atoms with Gasteiger partial charge in [-0.15, -0.1) is 0 Å². The Kier molecular flexibility index (Phi) is 11.0. The Morgan fingerprint density at radius 1 is 0.906 bits per heavy atom. The molecule has 0 aliphatic carbocycles. The van der Waals surface area contributed by atoms with Crippen molar-refractivity contribution in [3.05, 3.63) is 132 Å². The van der Waals surface area contributed by atoms with E-state index in [2.05, 4.69) is 74.4 Å². The molecule has 1 N–H and O–H groups in total. The van der Waals surface area contributed by atoms with E-state index >= 15 is 0 Å². The summed E-state index contributed by atoms with van der Waals surface area (Å²) in [5.41, 5.74) is 2.19. The van der Waals surface area contributed by atoms with E-state index in [1.807, 2.05) is 61.5 Å². The van der Waals surface area contributed by atoms with Crippen molar-refractivity contribution in [3.8, 4) is 11.5 Å². The van der Waals surface area contributed by atoms with Crippen LogP contribution in [0.25, 0.3) is 0 Å². The van der Waals surface area contributed by atoms with Crippen molar-refractivity contribution in [1.82, 2.24) is 24.8 Å². The second kappa shape index (κ2) is 15.6. The second-order valence-electron chi connectivity index (χ2n) is 14.3. The molecule has 3 atom stereocenters. The molecule has 1 aliphatic heterocycles. The predicted octanol–water partition coefficient (Wildman–Crippen LogP) is 5.89. The number of carboxylic acid groups (broad SMARTS) is 1. The minimum Gasteiger partial charge on any atom is -0.497 e. The van der Waals surface area contributed by atoms with E-state index in [4.69, 9.17) is 19.0 Å². The van der Waals surface area contributed by atoms with Gasteiger partial charge in [-0.1, -0.05) is 112 Å². The Balaban J connectivity index is 1.32. The van der Waals surface area contributed by atoms with Gasteiger partial charge < -0.3 is 23.9 Å². The summed E-state index contributed by atoms with van der Waals surface area (Å²) < 4.78 is 18.3. The lowest BCUT2D eigenvalue weighted by Crippen LogP contribution is -2.71. The zero-order chi connectivity index (χ0) is 37.8. The lowest BCUT2D eigenvalue weighted by atomic mass is 9.91. The maximum atomic E-state index is 13.9. The van der Waals surface area contributed by atoms with Gasteiger partial charge in [-0.25, -0.2) is 4.79 Å². The van der Waals surface area contributed by atoms with Gasteiger partial charge in [0.1, 0.15) is 23.2 Å². The van der Waals surface area contributed by atoms with Crippen LogP contribution in [-0.4, -0.2) is 76.5 Å². The van der Waals surface area contributed by atoms with Crippen molar-refractivity contribution in [2.24, 2.45) is 0 Å². The van der Waals surface area contributed by atoms with Crippen molar-refractivity contribution in [2.45, 2.75) is 70.6 Å². The maximum absolute atomic E-state index is 13.9. The lowest BCUT2D eigenvalue weighted by Gasteiger charge is -2.50. The molecular formula is C41H47N5O6Si. The van der Waals surface area contributed by atoms with Gasteiger partial charge in [0.2, 0.25) is 5.91 Å². The van der Waals surface area contributed by atoms with Gasteiger partial charge in [0.15, 0.2) is 0 Å². The molecule has 0 bridgehead atoms. The Labute approximate surface area is 311 Å². The van der Waals surface area contributed by atoms with E-state index in [0.29, 0.717) is 17.2 Å². The molecule has 2 heterocycles. The maximum Gasteiger partial charge on any atom is 0.408 e. The van der Waals surface area contributed by atoms with E-state index in [1.165, 1.54) is 4.90 Å². The lowest BCUT2D eigenvalue weighted by molar-refractivity contribution is -0.161. The summed E-state index contributed by atoms with van der Waals surface area (Å²) in [5, 5.41) is 22.0. The largest absolute Gasteiger partial charge is 0.497 e. The van der Waals surface area contributed by atoms with Crippen molar-refractivity contribution in [2.75, 3.05) is 14.2 Å². The highest BCUT2D eigenvalue weighted by molar-refractivity contribution is 6.99. The number of rotatable bonds is 14. The standard InChI is InChI=1S/C41H47N5O6Si/c1-29(52-53(41(2,3)4,33-18-12-8-13-19-33)34-20-14-9-15-21-34)35-25-42-46(43-35)28-36-38(45(40(48)49)26-30-16-10-7-11-17-30)39(47)44(36)27-31-22-23-32(50-5)24-37(31)51-6/h7-25,29,36,38H,26-28H2,1-6H3,(H,48,49)/t29?,36-,38+/m1/s1. The van der Waals surface area contributed by atoms with E-state index in [-0.39, 0.29) is 30.6 Å². The SMILES string of the molecule is COc1ccc(CN2C(=O)[C@@H](N(Cc3ccccc3)C(=O)O)[C@H]2Cn2ncc(C(C)O[Si](c3ccccc3)(c3ccccc3)C(C)(C)C)n2)c(OC)c1. The van der Waals surface area contributed by atoms with Crippen LogP contribution in [0.15, 0.2) is 115 Å². The Bertz CT molecular complexity index is 1960. The number of nitrogens with zero attached hydrogens (tertiary/aromatic N) is 5. The minimum absolute atomic E-state index is 0.0594. The number of benzene rings is 4. The number of carbonyl (C=O) groups excluding carboxylic acids is 1. The molecule has 4 aromatic carbocycles. The molecule has 1 aliphatic rings. The van der Waals surface area contributed by atoms with Gasteiger partial charge in [0.25, 0.3) is 8.32 Å². The first-order valence-corrected chi connectivity index (χ1v) is 19.6. The first-order valence-electron chi connectivity index (χ1n) is 17.7. The molecule has 276 valence electrons. The van der Waals surface area contributed by atoms with E-state index in [9.17, 15) is 14.7 Å². The van der Waals surface area contributed by atoms with Crippen LogP contribution in [0.2, 0.25) is 5.04 Å². The van der Waals surface area contributed by atoms with Gasteiger partial charge in [-0.2, -0.15) is 15.0 Å². The van der Waals surface area contributed by atoms with Crippen LogP contribution >= 0.6 is 0 Å². The highest BCUT2D eigenvalue weighted by Crippen LogP contribution is 2.40. The molecular weight excluding hydrogens is 687 g/mol. The number of likely N-dealkylation sites (tertiary alicyclic amines) is 1. The summed E-state index contributed by atoms with van der Waals surface area (Å²) in [7, 11) is 0.248. The molecule has 12 heteroatoms. The molecule has 1 unspecified atom stereocenters. The van der Waals surface area contributed by atoms with Crippen LogP contribution in [0.4, 0.5) is 4.79 Å². The normalized spacial score (nSPS) is 16.5. The van der Waals surface area contributed by atoms with Crippen molar-refractivity contribution in [3.63, 3.8) is 0 Å². The van der Waals surface area contributed by atoms with Crippen LogP contribution in [0, 0.1) is 0 Å². The summed E-state index contributed by atoms with van der Waals surface area (Å²) in [5.74, 6) is 0.882. The number of amides is 2. The number of aromatic nitrogens is 3. The average Bonchev–Trinajstić information content (AvgIpc) is 3.65. The van der Waals surface area contributed by atoms with Gasteiger partial charge in [-0.3, -0.25) is 9.69 Å². The number of hydrogen-bond donors (Lipinski definition) is 1. The van der Waals surface area contributed by atoms with E-state index < -0.39 is 32.6 Å². The fraction of sp³-hybridized carbons (Fsp3) is 0.317. The minimum atomic E-state index is -2.89. The van der Waals surface area contributed by atoms with Gasteiger partial charge in [0.05, 0.1) is 39.1 Å². The van der Waals surface area contributed by atoms with E-state index in [1.54, 1.807) is 36.2 Å². The number of methoxy groups -OCH3 is 2. The smallest absolute Gasteiger partial charge is 0.408 e. The van der Waals surface area contributed by atoms with Crippen LogP contribution in [0.5, 0.6) is 11.5 Å². The Hall–Kier alpha value is -5.46.